The van der Waals surface area contributed by atoms with Crippen molar-refractivity contribution in [2.24, 2.45) is 5.92 Å². The van der Waals surface area contributed by atoms with Gasteiger partial charge in [0, 0.05) is 17.0 Å². The summed E-state index contributed by atoms with van der Waals surface area (Å²) in [6, 6.07) is 8.01. The van der Waals surface area contributed by atoms with Gasteiger partial charge in [-0.2, -0.15) is 0 Å². The molecule has 0 saturated heterocycles. The van der Waals surface area contributed by atoms with Gasteiger partial charge in [0.15, 0.2) is 0 Å². The summed E-state index contributed by atoms with van der Waals surface area (Å²) >= 11 is 6.18. The zero-order chi connectivity index (χ0) is 14.1. The standard InChI is InChI=1S/C16H20ClNO2/c17-15-4-2-1-3-12(15)13-9-14(13)16(20)18-10-5-7-11(19)8-6-10/h1-4,10-11,13-14,19H,5-9H2,(H,18,20). The van der Waals surface area contributed by atoms with Gasteiger partial charge >= 0.3 is 0 Å². The highest BCUT2D eigenvalue weighted by molar-refractivity contribution is 6.31. The highest BCUT2D eigenvalue weighted by atomic mass is 35.5. The van der Waals surface area contributed by atoms with Gasteiger partial charge in [-0.15, -0.1) is 0 Å². The van der Waals surface area contributed by atoms with Crippen molar-refractivity contribution in [2.45, 2.75) is 50.2 Å². The van der Waals surface area contributed by atoms with E-state index in [-0.39, 0.29) is 29.9 Å². The molecule has 1 amide bonds. The Kier molecular flexibility index (Phi) is 3.99. The van der Waals surface area contributed by atoms with Gasteiger partial charge in [0.25, 0.3) is 0 Å². The van der Waals surface area contributed by atoms with E-state index in [0.717, 1.165) is 42.7 Å². The number of carbonyl (C=O) groups is 1. The van der Waals surface area contributed by atoms with Crippen molar-refractivity contribution in [2.75, 3.05) is 0 Å². The smallest absolute Gasteiger partial charge is 0.223 e. The van der Waals surface area contributed by atoms with Crippen LogP contribution < -0.4 is 5.32 Å². The second-order valence-corrected chi connectivity index (χ2v) is 6.39. The van der Waals surface area contributed by atoms with E-state index in [4.69, 9.17) is 11.6 Å². The molecule has 2 N–H and O–H groups in total. The minimum atomic E-state index is -0.181. The number of rotatable bonds is 3. The lowest BCUT2D eigenvalue weighted by atomic mass is 9.93. The maximum Gasteiger partial charge on any atom is 0.223 e. The van der Waals surface area contributed by atoms with Crippen LogP contribution in [-0.4, -0.2) is 23.2 Å². The summed E-state index contributed by atoms with van der Waals surface area (Å²) in [4.78, 5) is 12.2. The first kappa shape index (κ1) is 13.9. The van der Waals surface area contributed by atoms with Crippen LogP contribution in [0.5, 0.6) is 0 Å². The molecule has 2 unspecified atom stereocenters. The molecule has 108 valence electrons. The molecule has 0 aromatic heterocycles. The van der Waals surface area contributed by atoms with Gasteiger partial charge in [0.2, 0.25) is 5.91 Å². The topological polar surface area (TPSA) is 49.3 Å². The minimum Gasteiger partial charge on any atom is -0.393 e. The van der Waals surface area contributed by atoms with E-state index in [0.29, 0.717) is 0 Å². The lowest BCUT2D eigenvalue weighted by Gasteiger charge is -2.26. The zero-order valence-electron chi connectivity index (χ0n) is 11.4. The number of nitrogens with one attached hydrogen (secondary N) is 1. The predicted octanol–water partition coefficient (Wildman–Crippen LogP) is 2.86. The van der Waals surface area contributed by atoms with Crippen molar-refractivity contribution < 1.29 is 9.90 Å². The third-order valence-corrected chi connectivity index (χ3v) is 4.82. The summed E-state index contributed by atoms with van der Waals surface area (Å²) in [5.74, 6) is 0.496. The maximum atomic E-state index is 12.2. The minimum absolute atomic E-state index is 0.0711. The first-order valence-corrected chi connectivity index (χ1v) is 7.76. The van der Waals surface area contributed by atoms with Crippen molar-refractivity contribution in [3.05, 3.63) is 34.9 Å². The molecule has 2 fully saturated rings. The molecule has 0 heterocycles. The molecule has 20 heavy (non-hydrogen) atoms. The number of aliphatic hydroxyl groups is 1. The van der Waals surface area contributed by atoms with Gasteiger partial charge in [-0.05, 0) is 49.7 Å². The van der Waals surface area contributed by atoms with Gasteiger partial charge in [-0.25, -0.2) is 0 Å². The summed E-state index contributed by atoms with van der Waals surface area (Å²) in [7, 11) is 0. The molecule has 2 atom stereocenters. The van der Waals surface area contributed by atoms with Crippen LogP contribution in [0, 0.1) is 5.92 Å². The summed E-state index contributed by atoms with van der Waals surface area (Å²) in [5.41, 5.74) is 1.09. The molecule has 4 heteroatoms. The van der Waals surface area contributed by atoms with Gasteiger partial charge in [-0.3, -0.25) is 4.79 Å². The summed E-state index contributed by atoms with van der Waals surface area (Å²) in [6.45, 7) is 0. The first-order chi connectivity index (χ1) is 9.65. The van der Waals surface area contributed by atoms with Crippen molar-refractivity contribution in [1.29, 1.82) is 0 Å². The highest BCUT2D eigenvalue weighted by Crippen LogP contribution is 2.49. The Balaban J connectivity index is 1.54. The fourth-order valence-corrected chi connectivity index (χ4v) is 3.41. The van der Waals surface area contributed by atoms with Crippen LogP contribution in [0.3, 0.4) is 0 Å². The van der Waals surface area contributed by atoms with Crippen LogP contribution in [0.4, 0.5) is 0 Å². The Morgan fingerprint density at radius 2 is 1.90 bits per heavy atom. The molecule has 1 aromatic carbocycles. The third kappa shape index (κ3) is 2.99. The molecule has 3 nitrogen and oxygen atoms in total. The Morgan fingerprint density at radius 1 is 1.20 bits per heavy atom. The van der Waals surface area contributed by atoms with Crippen molar-refractivity contribution in [3.63, 3.8) is 0 Å². The molecule has 2 saturated carbocycles. The number of aliphatic hydroxyl groups excluding tert-OH is 1. The first-order valence-electron chi connectivity index (χ1n) is 7.38. The van der Waals surface area contributed by atoms with E-state index in [9.17, 15) is 9.90 Å². The van der Waals surface area contributed by atoms with E-state index in [1.54, 1.807) is 0 Å². The molecule has 0 radical (unpaired) electrons. The summed E-state index contributed by atoms with van der Waals surface area (Å²) in [6.07, 6.45) is 4.07. The Hall–Kier alpha value is -1.06. The van der Waals surface area contributed by atoms with E-state index in [1.807, 2.05) is 24.3 Å². The second-order valence-electron chi connectivity index (χ2n) is 5.98. The molecule has 0 aliphatic heterocycles. The maximum absolute atomic E-state index is 12.2. The molecule has 1 aromatic rings. The fourth-order valence-electron chi connectivity index (χ4n) is 3.13. The monoisotopic (exact) mass is 293 g/mol. The van der Waals surface area contributed by atoms with Crippen LogP contribution in [0.15, 0.2) is 24.3 Å². The van der Waals surface area contributed by atoms with E-state index < -0.39 is 0 Å². The van der Waals surface area contributed by atoms with Gasteiger partial charge in [0.05, 0.1) is 6.10 Å². The summed E-state index contributed by atoms with van der Waals surface area (Å²) < 4.78 is 0. The number of benzene rings is 1. The van der Waals surface area contributed by atoms with Crippen LogP contribution in [-0.2, 0) is 4.79 Å². The largest absolute Gasteiger partial charge is 0.393 e. The van der Waals surface area contributed by atoms with Crippen LogP contribution in [0.2, 0.25) is 5.02 Å². The van der Waals surface area contributed by atoms with Crippen LogP contribution in [0.1, 0.15) is 43.6 Å². The van der Waals surface area contributed by atoms with E-state index in [2.05, 4.69) is 5.32 Å². The molecular formula is C16H20ClNO2. The molecule has 2 aliphatic rings. The molecule has 3 rings (SSSR count). The normalized spacial score (nSPS) is 32.7. The number of hydrogen-bond acceptors (Lipinski definition) is 2. The number of amides is 1. The molecular weight excluding hydrogens is 274 g/mol. The second kappa shape index (κ2) is 5.74. The van der Waals surface area contributed by atoms with Gasteiger partial charge in [-0.1, -0.05) is 29.8 Å². The lowest BCUT2D eigenvalue weighted by Crippen LogP contribution is -2.39. The lowest BCUT2D eigenvalue weighted by molar-refractivity contribution is -0.123. The van der Waals surface area contributed by atoms with Crippen molar-refractivity contribution >= 4 is 17.5 Å². The average Bonchev–Trinajstić information content (AvgIpc) is 3.22. The molecule has 0 bridgehead atoms. The fraction of sp³-hybridized carbons (Fsp3) is 0.562. The molecule has 2 aliphatic carbocycles. The van der Waals surface area contributed by atoms with Crippen LogP contribution in [0.25, 0.3) is 0 Å². The van der Waals surface area contributed by atoms with Crippen molar-refractivity contribution in [3.8, 4) is 0 Å². The summed E-state index contributed by atoms with van der Waals surface area (Å²) in [5, 5.41) is 13.4. The van der Waals surface area contributed by atoms with E-state index in [1.165, 1.54) is 0 Å². The Morgan fingerprint density at radius 3 is 2.60 bits per heavy atom. The van der Waals surface area contributed by atoms with Crippen LogP contribution >= 0.6 is 11.6 Å². The van der Waals surface area contributed by atoms with Gasteiger partial charge in [0.1, 0.15) is 0 Å². The number of hydrogen-bond donors (Lipinski definition) is 2. The average molecular weight is 294 g/mol. The quantitative estimate of drug-likeness (QED) is 0.900. The predicted molar refractivity (Wildman–Crippen MR) is 78.7 cm³/mol. The highest BCUT2D eigenvalue weighted by Gasteiger charge is 2.45. The third-order valence-electron chi connectivity index (χ3n) is 4.47. The Labute approximate surface area is 124 Å². The SMILES string of the molecule is O=C(NC1CCC(O)CC1)C1CC1c1ccccc1Cl. The van der Waals surface area contributed by atoms with Gasteiger partial charge < -0.3 is 10.4 Å². The zero-order valence-corrected chi connectivity index (χ0v) is 12.1. The Bertz CT molecular complexity index is 497. The van der Waals surface area contributed by atoms with E-state index >= 15 is 0 Å². The number of carbonyl (C=O) groups excluding carboxylic acids is 1. The van der Waals surface area contributed by atoms with Crippen molar-refractivity contribution in [1.82, 2.24) is 5.32 Å². The molecule has 0 spiro atoms. The number of halogens is 1.